The number of nitrogens with zero attached hydrogens (tertiary/aromatic N) is 2. The van der Waals surface area contributed by atoms with Gasteiger partial charge >= 0.3 is 4.87 Å². The maximum atomic E-state index is 12.3. The lowest BCUT2D eigenvalue weighted by atomic mass is 10.2. The van der Waals surface area contributed by atoms with Crippen LogP contribution in [0.2, 0.25) is 0 Å². The van der Waals surface area contributed by atoms with E-state index < -0.39 is 0 Å². The molecule has 0 aliphatic heterocycles. The van der Waals surface area contributed by atoms with Crippen molar-refractivity contribution in [1.29, 1.82) is 0 Å². The summed E-state index contributed by atoms with van der Waals surface area (Å²) in [6, 6.07) is 0.377. The highest BCUT2D eigenvalue weighted by Gasteiger charge is 2.29. The molecule has 1 aromatic heterocycles. The zero-order chi connectivity index (χ0) is 15.4. The molecule has 1 saturated carbocycles. The van der Waals surface area contributed by atoms with Crippen molar-refractivity contribution in [2.24, 2.45) is 0 Å². The highest BCUT2D eigenvalue weighted by atomic mass is 32.2. The highest BCUT2D eigenvalue weighted by molar-refractivity contribution is 7.99. The summed E-state index contributed by atoms with van der Waals surface area (Å²) < 4.78 is 1.70. The topological polar surface area (TPSA) is 42.3 Å². The van der Waals surface area contributed by atoms with Gasteiger partial charge in [-0.1, -0.05) is 18.3 Å². The third-order valence-electron chi connectivity index (χ3n) is 4.23. The molecule has 1 aromatic rings. The normalized spacial score (nSPS) is 21.7. The van der Waals surface area contributed by atoms with Crippen LogP contribution in [-0.4, -0.2) is 39.5 Å². The van der Waals surface area contributed by atoms with E-state index in [0.717, 1.165) is 24.3 Å². The molecule has 0 radical (unpaired) electrons. The molecule has 0 aromatic carbocycles. The number of amides is 1. The maximum absolute atomic E-state index is 12.3. The molecule has 0 saturated heterocycles. The molecule has 0 spiro atoms. The zero-order valence-electron chi connectivity index (χ0n) is 13.0. The third kappa shape index (κ3) is 4.13. The monoisotopic (exact) mass is 328 g/mol. The SMILES string of the molecule is CCS[C@@H]1CC[C@@H](N(C)C(=O)CCn2c(C)csc2=O)C1. The minimum atomic E-state index is 0.0308. The average Bonchev–Trinajstić information content (AvgIpc) is 3.04. The van der Waals surface area contributed by atoms with E-state index in [1.54, 1.807) is 4.57 Å². The van der Waals surface area contributed by atoms with Crippen molar-refractivity contribution in [2.45, 2.75) is 57.4 Å². The Hall–Kier alpha value is -0.750. The van der Waals surface area contributed by atoms with Crippen molar-refractivity contribution < 1.29 is 4.79 Å². The van der Waals surface area contributed by atoms with Gasteiger partial charge in [-0.05, 0) is 31.9 Å². The van der Waals surface area contributed by atoms with Crippen LogP contribution < -0.4 is 4.87 Å². The number of carbonyl (C=O) groups is 1. The van der Waals surface area contributed by atoms with Crippen molar-refractivity contribution in [3.63, 3.8) is 0 Å². The van der Waals surface area contributed by atoms with E-state index in [4.69, 9.17) is 0 Å². The number of rotatable bonds is 6. The Morgan fingerprint density at radius 3 is 2.90 bits per heavy atom. The van der Waals surface area contributed by atoms with Gasteiger partial charge in [-0.25, -0.2) is 0 Å². The van der Waals surface area contributed by atoms with E-state index in [1.165, 1.54) is 17.8 Å². The fourth-order valence-electron chi connectivity index (χ4n) is 2.92. The molecule has 4 nitrogen and oxygen atoms in total. The van der Waals surface area contributed by atoms with Crippen molar-refractivity contribution in [3.05, 3.63) is 20.7 Å². The molecule has 2 atom stereocenters. The van der Waals surface area contributed by atoms with Gasteiger partial charge in [0.25, 0.3) is 0 Å². The Bertz CT molecular complexity index is 538. The summed E-state index contributed by atoms with van der Waals surface area (Å²) >= 11 is 3.21. The first-order valence-electron chi connectivity index (χ1n) is 7.55. The fourth-order valence-corrected chi connectivity index (χ4v) is 4.81. The van der Waals surface area contributed by atoms with Crippen molar-refractivity contribution in [2.75, 3.05) is 12.8 Å². The molecule has 0 unspecified atom stereocenters. The van der Waals surface area contributed by atoms with Gasteiger partial charge in [0, 0.05) is 42.4 Å². The van der Waals surface area contributed by atoms with Crippen LogP contribution >= 0.6 is 23.1 Å². The summed E-state index contributed by atoms with van der Waals surface area (Å²) in [4.78, 5) is 25.9. The van der Waals surface area contributed by atoms with Crippen LogP contribution in [0.3, 0.4) is 0 Å². The van der Waals surface area contributed by atoms with Crippen LogP contribution in [0.5, 0.6) is 0 Å². The van der Waals surface area contributed by atoms with Gasteiger partial charge in [0.2, 0.25) is 5.91 Å². The standard InChI is InChI=1S/C15H24N2O2S2/c1-4-20-13-6-5-12(9-13)16(3)14(18)7-8-17-11(2)10-21-15(17)19/h10,12-13H,4-9H2,1-3H3/t12-,13-/m1/s1. The molecule has 0 bridgehead atoms. The molecule has 21 heavy (non-hydrogen) atoms. The molecule has 1 aliphatic rings. The van der Waals surface area contributed by atoms with Crippen LogP contribution in [-0.2, 0) is 11.3 Å². The Balaban J connectivity index is 1.85. The third-order valence-corrected chi connectivity index (χ3v) is 6.34. The van der Waals surface area contributed by atoms with E-state index in [9.17, 15) is 9.59 Å². The minimum absolute atomic E-state index is 0.0308. The van der Waals surface area contributed by atoms with Crippen molar-refractivity contribution in [3.8, 4) is 0 Å². The summed E-state index contributed by atoms with van der Waals surface area (Å²) in [6.45, 7) is 4.60. The Morgan fingerprint density at radius 1 is 1.52 bits per heavy atom. The molecule has 2 rings (SSSR count). The molecular formula is C15H24N2O2S2. The van der Waals surface area contributed by atoms with Gasteiger partial charge in [0.05, 0.1) is 0 Å². The first-order chi connectivity index (χ1) is 10.0. The predicted molar refractivity (Wildman–Crippen MR) is 90.3 cm³/mol. The second kappa shape index (κ2) is 7.49. The quantitative estimate of drug-likeness (QED) is 0.806. The Morgan fingerprint density at radius 2 is 2.29 bits per heavy atom. The Kier molecular flexibility index (Phi) is 5.93. The number of thioether (sulfide) groups is 1. The summed E-state index contributed by atoms with van der Waals surface area (Å²) in [5, 5.41) is 2.55. The van der Waals surface area contributed by atoms with Gasteiger partial charge in [-0.3, -0.25) is 9.59 Å². The predicted octanol–water partition coefficient (Wildman–Crippen LogP) is 2.74. The molecule has 1 aliphatic carbocycles. The molecule has 1 amide bonds. The maximum Gasteiger partial charge on any atom is 0.307 e. The molecule has 0 N–H and O–H groups in total. The van der Waals surface area contributed by atoms with Gasteiger partial charge in [-0.2, -0.15) is 11.8 Å². The Labute approximate surface area is 134 Å². The van der Waals surface area contributed by atoms with E-state index in [0.29, 0.717) is 24.3 Å². The number of aryl methyl sites for hydroxylation is 1. The van der Waals surface area contributed by atoms with E-state index in [2.05, 4.69) is 6.92 Å². The second-order valence-electron chi connectivity index (χ2n) is 5.59. The zero-order valence-corrected chi connectivity index (χ0v) is 14.6. The van der Waals surface area contributed by atoms with Gasteiger partial charge in [0.15, 0.2) is 0 Å². The number of thiazole rings is 1. The lowest BCUT2D eigenvalue weighted by Gasteiger charge is -2.25. The second-order valence-corrected chi connectivity index (χ2v) is 7.99. The van der Waals surface area contributed by atoms with Gasteiger partial charge in [0.1, 0.15) is 0 Å². The fraction of sp³-hybridized carbons (Fsp3) is 0.733. The summed E-state index contributed by atoms with van der Waals surface area (Å²) in [5.41, 5.74) is 0.945. The minimum Gasteiger partial charge on any atom is -0.343 e. The molecule has 1 fully saturated rings. The van der Waals surface area contributed by atoms with E-state index >= 15 is 0 Å². The summed E-state index contributed by atoms with van der Waals surface area (Å²) in [7, 11) is 1.91. The van der Waals surface area contributed by atoms with Crippen LogP contribution in [0.4, 0.5) is 0 Å². The van der Waals surface area contributed by atoms with Crippen LogP contribution in [0.25, 0.3) is 0 Å². The largest absolute Gasteiger partial charge is 0.343 e. The average molecular weight is 329 g/mol. The highest BCUT2D eigenvalue weighted by Crippen LogP contribution is 2.32. The molecule has 1 heterocycles. The van der Waals surface area contributed by atoms with E-state index in [-0.39, 0.29) is 10.8 Å². The summed E-state index contributed by atoms with van der Waals surface area (Å²) in [5.74, 6) is 1.30. The smallest absolute Gasteiger partial charge is 0.307 e. The van der Waals surface area contributed by atoms with Gasteiger partial charge < -0.3 is 9.47 Å². The first-order valence-corrected chi connectivity index (χ1v) is 9.48. The van der Waals surface area contributed by atoms with Gasteiger partial charge in [-0.15, -0.1) is 0 Å². The molecule has 6 heteroatoms. The van der Waals surface area contributed by atoms with Crippen LogP contribution in [0.15, 0.2) is 10.2 Å². The van der Waals surface area contributed by atoms with E-state index in [1.807, 2.05) is 36.0 Å². The molecular weight excluding hydrogens is 304 g/mol. The lowest BCUT2D eigenvalue weighted by molar-refractivity contribution is -0.132. The lowest BCUT2D eigenvalue weighted by Crippen LogP contribution is -2.36. The number of hydrogen-bond donors (Lipinski definition) is 0. The summed E-state index contributed by atoms with van der Waals surface area (Å²) in [6.07, 6.45) is 3.84. The van der Waals surface area contributed by atoms with Crippen molar-refractivity contribution >= 4 is 29.0 Å². The molecule has 118 valence electrons. The first kappa shape index (κ1) is 16.6. The number of carbonyl (C=O) groups excluding carboxylic acids is 1. The van der Waals surface area contributed by atoms with Crippen molar-refractivity contribution in [1.82, 2.24) is 9.47 Å². The van der Waals surface area contributed by atoms with Crippen LogP contribution in [0, 0.1) is 6.92 Å². The number of hydrogen-bond acceptors (Lipinski definition) is 4. The number of aromatic nitrogens is 1. The van der Waals surface area contributed by atoms with Crippen LogP contribution in [0.1, 0.15) is 38.3 Å².